The lowest BCUT2D eigenvalue weighted by atomic mass is 10.2. The zero-order chi connectivity index (χ0) is 23.1. The van der Waals surface area contributed by atoms with Gasteiger partial charge in [-0.05, 0) is 55.0 Å². The van der Waals surface area contributed by atoms with Crippen LogP contribution in [0.4, 0.5) is 11.4 Å². The number of nitrogens with zero attached hydrogens (tertiary/aromatic N) is 2. The molecule has 2 aromatic rings. The minimum Gasteiger partial charge on any atom is -0.494 e. The van der Waals surface area contributed by atoms with Crippen LogP contribution < -0.4 is 15.0 Å². The quantitative estimate of drug-likeness (QED) is 0.294. The lowest BCUT2D eigenvalue weighted by Gasteiger charge is -2.16. The summed E-state index contributed by atoms with van der Waals surface area (Å²) in [6, 6.07) is 13.6. The second kappa shape index (κ2) is 10.8. The molecule has 168 valence electrons. The van der Waals surface area contributed by atoms with Gasteiger partial charge in [-0.1, -0.05) is 18.7 Å². The number of imide groups is 1. The predicted molar refractivity (Wildman–Crippen MR) is 125 cm³/mol. The van der Waals surface area contributed by atoms with Gasteiger partial charge in [-0.2, -0.15) is 0 Å². The highest BCUT2D eigenvalue weighted by molar-refractivity contribution is 8.15. The molecule has 1 heterocycles. The molecule has 0 spiro atoms. The monoisotopic (exact) mass is 455 g/mol. The van der Waals surface area contributed by atoms with Gasteiger partial charge in [0.2, 0.25) is 11.8 Å². The van der Waals surface area contributed by atoms with Crippen molar-refractivity contribution in [3.8, 4) is 5.75 Å². The Kier molecular flexibility index (Phi) is 7.88. The number of rotatable bonds is 7. The second-order valence-electron chi connectivity index (χ2n) is 6.94. The van der Waals surface area contributed by atoms with E-state index in [4.69, 9.17) is 9.47 Å². The van der Waals surface area contributed by atoms with Gasteiger partial charge >= 0.3 is 5.97 Å². The van der Waals surface area contributed by atoms with Crippen LogP contribution in [0.3, 0.4) is 0 Å². The summed E-state index contributed by atoms with van der Waals surface area (Å²) >= 11 is 1.20. The van der Waals surface area contributed by atoms with E-state index in [9.17, 15) is 14.4 Å². The number of hydrogen-bond donors (Lipinski definition) is 1. The number of carbonyl (C=O) groups is 3. The lowest BCUT2D eigenvalue weighted by molar-refractivity contribution is -0.121. The van der Waals surface area contributed by atoms with E-state index in [1.165, 1.54) is 23.8 Å². The van der Waals surface area contributed by atoms with Gasteiger partial charge in [0.25, 0.3) is 0 Å². The standard InChI is InChI=1S/C23H25N3O5S/c1-4-13-31-18-11-9-17(10-12-18)26-20(27)14-19(21(26)28)32-23(24-2)25-16-7-5-15(6-8-16)22(29)30-3/h5-12,19H,4,13-14H2,1-3H3,(H,24,25). The summed E-state index contributed by atoms with van der Waals surface area (Å²) in [7, 11) is 2.93. The molecule has 0 aromatic heterocycles. The number of thioether (sulfide) groups is 1. The van der Waals surface area contributed by atoms with Gasteiger partial charge in [0.1, 0.15) is 11.0 Å². The Morgan fingerprint density at radius 3 is 2.44 bits per heavy atom. The Hall–Kier alpha value is -3.33. The van der Waals surface area contributed by atoms with E-state index in [1.54, 1.807) is 55.6 Å². The van der Waals surface area contributed by atoms with Crippen LogP contribution >= 0.6 is 11.8 Å². The first kappa shape index (κ1) is 23.3. The van der Waals surface area contributed by atoms with Crippen molar-refractivity contribution < 1.29 is 23.9 Å². The van der Waals surface area contributed by atoms with Crippen LogP contribution in [-0.2, 0) is 14.3 Å². The van der Waals surface area contributed by atoms with Crippen molar-refractivity contribution in [1.82, 2.24) is 0 Å². The van der Waals surface area contributed by atoms with Gasteiger partial charge in [-0.3, -0.25) is 14.6 Å². The lowest BCUT2D eigenvalue weighted by Crippen LogP contribution is -2.31. The maximum absolute atomic E-state index is 12.9. The third-order valence-corrected chi connectivity index (χ3v) is 5.85. The molecule has 1 fully saturated rings. The van der Waals surface area contributed by atoms with Crippen molar-refractivity contribution >= 4 is 46.1 Å². The molecule has 0 bridgehead atoms. The van der Waals surface area contributed by atoms with Gasteiger partial charge in [-0.25, -0.2) is 9.69 Å². The van der Waals surface area contributed by atoms with Crippen LogP contribution in [0.5, 0.6) is 5.75 Å². The van der Waals surface area contributed by atoms with Crippen LogP contribution in [0.15, 0.2) is 53.5 Å². The van der Waals surface area contributed by atoms with Crippen molar-refractivity contribution in [2.24, 2.45) is 4.99 Å². The van der Waals surface area contributed by atoms with Gasteiger partial charge in [-0.15, -0.1) is 0 Å². The van der Waals surface area contributed by atoms with Crippen LogP contribution in [-0.4, -0.2) is 49.0 Å². The normalized spacial score (nSPS) is 16.3. The molecule has 1 saturated heterocycles. The molecule has 8 nitrogen and oxygen atoms in total. The van der Waals surface area contributed by atoms with Crippen LogP contribution in [0.25, 0.3) is 0 Å². The maximum Gasteiger partial charge on any atom is 0.337 e. The Labute approximate surface area is 191 Å². The first-order valence-corrected chi connectivity index (χ1v) is 11.0. The molecule has 2 amide bonds. The molecule has 2 aromatic carbocycles. The van der Waals surface area contributed by atoms with E-state index in [0.717, 1.165) is 6.42 Å². The summed E-state index contributed by atoms with van der Waals surface area (Å²) in [6.45, 7) is 2.63. The summed E-state index contributed by atoms with van der Waals surface area (Å²) < 4.78 is 10.2. The molecule has 1 aliphatic heterocycles. The number of aliphatic imine (C=N–C) groups is 1. The fraction of sp³-hybridized carbons (Fsp3) is 0.304. The number of ether oxygens (including phenoxy) is 2. The first-order chi connectivity index (χ1) is 15.5. The van der Waals surface area contributed by atoms with Gasteiger partial charge < -0.3 is 14.8 Å². The fourth-order valence-electron chi connectivity index (χ4n) is 3.08. The summed E-state index contributed by atoms with van der Waals surface area (Å²) in [5.41, 5.74) is 1.65. The average molecular weight is 456 g/mol. The number of nitrogens with one attached hydrogen (secondary N) is 1. The molecule has 0 aliphatic carbocycles. The molecule has 0 radical (unpaired) electrons. The highest BCUT2D eigenvalue weighted by Gasteiger charge is 2.40. The summed E-state index contributed by atoms with van der Waals surface area (Å²) in [4.78, 5) is 42.5. The third kappa shape index (κ3) is 5.47. The van der Waals surface area contributed by atoms with Crippen molar-refractivity contribution in [3.05, 3.63) is 54.1 Å². The van der Waals surface area contributed by atoms with Gasteiger partial charge in [0, 0.05) is 19.2 Å². The minimum absolute atomic E-state index is 0.0829. The zero-order valence-electron chi connectivity index (χ0n) is 18.2. The van der Waals surface area contributed by atoms with Crippen molar-refractivity contribution in [1.29, 1.82) is 0 Å². The Bertz CT molecular complexity index is 1010. The number of esters is 1. The summed E-state index contributed by atoms with van der Waals surface area (Å²) in [5.74, 6) is -0.266. The van der Waals surface area contributed by atoms with Gasteiger partial charge in [0.05, 0.1) is 25.0 Å². The van der Waals surface area contributed by atoms with E-state index >= 15 is 0 Å². The van der Waals surface area contributed by atoms with Gasteiger partial charge in [0.15, 0.2) is 5.17 Å². The number of hydrogen-bond acceptors (Lipinski definition) is 7. The number of carbonyl (C=O) groups excluding carboxylic acids is 3. The van der Waals surface area contributed by atoms with Crippen molar-refractivity contribution in [2.75, 3.05) is 31.0 Å². The molecule has 9 heteroatoms. The molecule has 1 unspecified atom stereocenters. The Balaban J connectivity index is 1.65. The molecular formula is C23H25N3O5S. The fourth-order valence-corrected chi connectivity index (χ4v) is 4.07. The smallest absolute Gasteiger partial charge is 0.337 e. The number of benzene rings is 2. The topological polar surface area (TPSA) is 97.3 Å². The van der Waals surface area contributed by atoms with Crippen molar-refractivity contribution in [3.63, 3.8) is 0 Å². The van der Waals surface area contributed by atoms with E-state index in [-0.39, 0.29) is 18.2 Å². The maximum atomic E-state index is 12.9. The highest BCUT2D eigenvalue weighted by Crippen LogP contribution is 2.31. The van der Waals surface area contributed by atoms with E-state index < -0.39 is 11.2 Å². The van der Waals surface area contributed by atoms with Crippen LogP contribution in [0.1, 0.15) is 30.1 Å². The summed E-state index contributed by atoms with van der Waals surface area (Å²) in [6.07, 6.45) is 0.980. The number of amides is 2. The molecule has 32 heavy (non-hydrogen) atoms. The number of amidine groups is 1. The Morgan fingerprint density at radius 1 is 1.16 bits per heavy atom. The van der Waals surface area contributed by atoms with Crippen LogP contribution in [0, 0.1) is 0 Å². The second-order valence-corrected chi connectivity index (χ2v) is 8.13. The number of anilines is 2. The molecule has 1 aliphatic rings. The highest BCUT2D eigenvalue weighted by atomic mass is 32.2. The largest absolute Gasteiger partial charge is 0.494 e. The average Bonchev–Trinajstić information content (AvgIpc) is 3.10. The first-order valence-electron chi connectivity index (χ1n) is 10.1. The molecule has 1 atom stereocenters. The Morgan fingerprint density at radius 2 is 1.84 bits per heavy atom. The third-order valence-electron chi connectivity index (χ3n) is 4.69. The van der Waals surface area contributed by atoms with E-state index in [1.807, 2.05) is 6.92 Å². The SMILES string of the molecule is CCCOc1ccc(N2C(=O)CC(SC(=NC)Nc3ccc(C(=O)OC)cc3)C2=O)cc1. The zero-order valence-corrected chi connectivity index (χ0v) is 19.0. The van der Waals surface area contributed by atoms with E-state index in [2.05, 4.69) is 10.3 Å². The van der Waals surface area contributed by atoms with Crippen LogP contribution in [0.2, 0.25) is 0 Å². The predicted octanol–water partition coefficient (Wildman–Crippen LogP) is 3.73. The molecule has 1 N–H and O–H groups in total. The molecular weight excluding hydrogens is 430 g/mol. The van der Waals surface area contributed by atoms with Crippen molar-refractivity contribution in [2.45, 2.75) is 25.0 Å². The molecule has 3 rings (SSSR count). The number of methoxy groups -OCH3 is 1. The van der Waals surface area contributed by atoms with E-state index in [0.29, 0.717) is 34.5 Å². The summed E-state index contributed by atoms with van der Waals surface area (Å²) in [5, 5.41) is 3.03. The molecule has 0 saturated carbocycles. The minimum atomic E-state index is -0.584.